The lowest BCUT2D eigenvalue weighted by Crippen LogP contribution is -2.18. The summed E-state index contributed by atoms with van der Waals surface area (Å²) in [6, 6.07) is 1.44. The van der Waals surface area contributed by atoms with Crippen LogP contribution >= 0.6 is 22.9 Å². The maximum atomic E-state index is 10.8. The van der Waals surface area contributed by atoms with Gasteiger partial charge in [-0.1, -0.05) is 16.5 Å². The van der Waals surface area contributed by atoms with Gasteiger partial charge < -0.3 is 5.21 Å². The van der Waals surface area contributed by atoms with Crippen LogP contribution in [0, 0.1) is 0 Å². The van der Waals surface area contributed by atoms with E-state index in [2.05, 4.69) is 0 Å². The predicted octanol–water partition coefficient (Wildman–Crippen LogP) is 1.07. The van der Waals surface area contributed by atoms with Crippen molar-refractivity contribution in [2.45, 2.75) is 4.21 Å². The number of hydrogen-bond donors (Lipinski definition) is 2. The second kappa shape index (κ2) is 3.08. The van der Waals surface area contributed by atoms with E-state index in [-0.39, 0.29) is 9.23 Å². The first-order valence-corrected chi connectivity index (χ1v) is 5.21. The number of sulfonamides is 1. The molecule has 0 aliphatic heterocycles. The van der Waals surface area contributed by atoms with E-state index in [9.17, 15) is 8.42 Å². The van der Waals surface area contributed by atoms with Crippen molar-refractivity contribution >= 4 is 33.0 Å². The molecule has 11 heavy (non-hydrogen) atoms. The van der Waals surface area contributed by atoms with Gasteiger partial charge >= 0.3 is 0 Å². The zero-order chi connectivity index (χ0) is 8.48. The molecule has 1 heterocycles. The minimum Gasteiger partial charge on any atom is -0.302 e. The molecule has 0 radical (unpaired) electrons. The lowest BCUT2D eigenvalue weighted by atomic mass is 10.7. The van der Waals surface area contributed by atoms with Gasteiger partial charge in [0.1, 0.15) is 0 Å². The zero-order valence-electron chi connectivity index (χ0n) is 5.11. The molecule has 0 aromatic carbocycles. The number of halogens is 1. The Morgan fingerprint density at radius 1 is 1.64 bits per heavy atom. The van der Waals surface area contributed by atoms with Crippen LogP contribution in [0.2, 0.25) is 5.02 Å². The molecule has 0 aliphatic carbocycles. The molecule has 0 fully saturated rings. The van der Waals surface area contributed by atoms with Crippen LogP contribution in [0.4, 0.5) is 0 Å². The van der Waals surface area contributed by atoms with Crippen LogP contribution in [0.15, 0.2) is 15.7 Å². The molecule has 62 valence electrons. The molecule has 0 amide bonds. The normalized spacial score (nSPS) is 11.8. The van der Waals surface area contributed by atoms with Crippen molar-refractivity contribution in [3.8, 4) is 0 Å². The smallest absolute Gasteiger partial charge is 0.273 e. The Labute approximate surface area is 72.4 Å². The molecule has 0 unspecified atom stereocenters. The van der Waals surface area contributed by atoms with E-state index >= 15 is 0 Å². The summed E-state index contributed by atoms with van der Waals surface area (Å²) >= 11 is 6.42. The lowest BCUT2D eigenvalue weighted by Gasteiger charge is -1.96. The van der Waals surface area contributed by atoms with Crippen LogP contribution in [-0.4, -0.2) is 13.6 Å². The van der Waals surface area contributed by atoms with Crippen LogP contribution in [-0.2, 0) is 10.0 Å². The van der Waals surface area contributed by atoms with Gasteiger partial charge in [-0.3, -0.25) is 0 Å². The molecule has 4 nitrogen and oxygen atoms in total. The van der Waals surface area contributed by atoms with Crippen molar-refractivity contribution < 1.29 is 13.6 Å². The molecule has 0 spiro atoms. The fourth-order valence-corrected chi connectivity index (χ4v) is 2.79. The van der Waals surface area contributed by atoms with Crippen LogP contribution in [0.3, 0.4) is 0 Å². The second-order valence-electron chi connectivity index (χ2n) is 1.65. The van der Waals surface area contributed by atoms with E-state index in [1.807, 2.05) is 0 Å². The Balaban J connectivity index is 3.22. The summed E-state index contributed by atoms with van der Waals surface area (Å²) in [5.74, 6) is 0. The summed E-state index contributed by atoms with van der Waals surface area (Å²) in [5, 5.41) is 9.83. The van der Waals surface area contributed by atoms with Crippen LogP contribution < -0.4 is 4.89 Å². The molecule has 7 heteroatoms. The third kappa shape index (κ3) is 1.71. The Kier molecular flexibility index (Phi) is 2.50. The van der Waals surface area contributed by atoms with Gasteiger partial charge in [0, 0.05) is 0 Å². The van der Waals surface area contributed by atoms with Crippen molar-refractivity contribution in [2.75, 3.05) is 0 Å². The van der Waals surface area contributed by atoms with Gasteiger partial charge in [-0.05, 0) is 11.4 Å². The molecule has 1 rings (SSSR count). The first-order valence-electron chi connectivity index (χ1n) is 2.47. The molecule has 0 saturated heterocycles. The fraction of sp³-hybridized carbons (Fsp3) is 0. The fourth-order valence-electron chi connectivity index (χ4n) is 0.513. The number of rotatable bonds is 2. The quantitative estimate of drug-likeness (QED) is 0.723. The third-order valence-electron chi connectivity index (χ3n) is 0.949. The van der Waals surface area contributed by atoms with E-state index in [1.165, 1.54) is 16.3 Å². The Morgan fingerprint density at radius 2 is 2.27 bits per heavy atom. The highest BCUT2D eigenvalue weighted by atomic mass is 35.5. The predicted molar refractivity (Wildman–Crippen MR) is 41.4 cm³/mol. The van der Waals surface area contributed by atoms with Crippen molar-refractivity contribution in [1.29, 1.82) is 0 Å². The highest BCUT2D eigenvalue weighted by Crippen LogP contribution is 2.26. The van der Waals surface area contributed by atoms with Gasteiger partial charge in [0.15, 0.2) is 4.21 Å². The van der Waals surface area contributed by atoms with Crippen molar-refractivity contribution in [3.05, 3.63) is 16.5 Å². The van der Waals surface area contributed by atoms with E-state index in [4.69, 9.17) is 16.8 Å². The van der Waals surface area contributed by atoms with Gasteiger partial charge in [-0.2, -0.15) is 0 Å². The highest BCUT2D eigenvalue weighted by molar-refractivity contribution is 7.91. The van der Waals surface area contributed by atoms with Gasteiger partial charge in [0.2, 0.25) is 0 Å². The van der Waals surface area contributed by atoms with E-state index in [1.54, 1.807) is 0 Å². The summed E-state index contributed by atoms with van der Waals surface area (Å²) in [4.78, 5) is 1.18. The molecular weight excluding hydrogens is 210 g/mol. The van der Waals surface area contributed by atoms with Crippen molar-refractivity contribution in [2.24, 2.45) is 0 Å². The number of thiophene rings is 1. The largest absolute Gasteiger partial charge is 0.302 e. The van der Waals surface area contributed by atoms with Gasteiger partial charge in [-0.15, -0.1) is 11.3 Å². The summed E-state index contributed by atoms with van der Waals surface area (Å²) in [5.41, 5.74) is 0. The van der Waals surface area contributed by atoms with Gasteiger partial charge in [0.25, 0.3) is 10.0 Å². The Hall–Kier alpha value is -0.140. The molecule has 0 aliphatic rings. The summed E-state index contributed by atoms with van der Waals surface area (Å²) in [7, 11) is -3.79. The van der Waals surface area contributed by atoms with E-state index in [0.29, 0.717) is 0 Å². The van der Waals surface area contributed by atoms with Crippen LogP contribution in [0.25, 0.3) is 0 Å². The first kappa shape index (κ1) is 8.95. The molecule has 1 aromatic rings. The van der Waals surface area contributed by atoms with E-state index < -0.39 is 10.0 Å². The maximum Gasteiger partial charge on any atom is 0.273 e. The van der Waals surface area contributed by atoms with Crippen LogP contribution in [0.5, 0.6) is 0 Å². The number of nitrogens with one attached hydrogen (secondary N) is 1. The van der Waals surface area contributed by atoms with Crippen molar-refractivity contribution in [3.63, 3.8) is 0 Å². The van der Waals surface area contributed by atoms with Crippen LogP contribution in [0.1, 0.15) is 0 Å². The Bertz CT molecular complexity index is 344. The molecule has 0 bridgehead atoms. The molecule has 0 saturated carbocycles. The SMILES string of the molecule is O=S(=O)(NO)c1sccc1Cl. The lowest BCUT2D eigenvalue weighted by molar-refractivity contribution is 0.243. The molecule has 2 N–H and O–H groups in total. The number of hydrogen-bond acceptors (Lipinski definition) is 4. The average Bonchev–Trinajstić information content (AvgIpc) is 2.36. The Morgan fingerprint density at radius 3 is 2.64 bits per heavy atom. The summed E-state index contributed by atoms with van der Waals surface area (Å²) in [6.07, 6.45) is 0. The topological polar surface area (TPSA) is 66.4 Å². The van der Waals surface area contributed by atoms with Gasteiger partial charge in [0.05, 0.1) is 5.02 Å². The van der Waals surface area contributed by atoms with E-state index in [0.717, 1.165) is 11.3 Å². The monoisotopic (exact) mass is 213 g/mol. The summed E-state index contributed by atoms with van der Waals surface area (Å²) in [6.45, 7) is 0. The first-order chi connectivity index (χ1) is 5.08. The highest BCUT2D eigenvalue weighted by Gasteiger charge is 2.17. The summed E-state index contributed by atoms with van der Waals surface area (Å²) < 4.78 is 21.6. The zero-order valence-corrected chi connectivity index (χ0v) is 7.50. The standard InChI is InChI=1S/C4H4ClNO3S2/c5-3-1-2-10-4(3)11(8,9)6-7/h1-2,6-7H. The minimum absolute atomic E-state index is 0.0818. The average molecular weight is 214 g/mol. The van der Waals surface area contributed by atoms with Crippen molar-refractivity contribution in [1.82, 2.24) is 4.89 Å². The molecule has 0 atom stereocenters. The second-order valence-corrected chi connectivity index (χ2v) is 4.83. The van der Waals surface area contributed by atoms with Gasteiger partial charge in [-0.25, -0.2) is 8.42 Å². The maximum absolute atomic E-state index is 10.8. The minimum atomic E-state index is -3.79. The third-order valence-corrected chi connectivity index (χ3v) is 4.09. The molecule has 1 aromatic heterocycles. The molecular formula is C4H4ClNO3S2.